The predicted octanol–water partition coefficient (Wildman–Crippen LogP) is 4.78. The molecular formula is C17H16Cl2N4OS2. The zero-order valence-electron chi connectivity index (χ0n) is 13.9. The molecule has 26 heavy (non-hydrogen) atoms. The summed E-state index contributed by atoms with van der Waals surface area (Å²) in [5.41, 5.74) is 0.859. The third kappa shape index (κ3) is 4.79. The van der Waals surface area contributed by atoms with Gasteiger partial charge >= 0.3 is 0 Å². The monoisotopic (exact) mass is 426 g/mol. The third-order valence-electron chi connectivity index (χ3n) is 3.64. The minimum absolute atomic E-state index is 0.0441. The van der Waals surface area contributed by atoms with Gasteiger partial charge in [0.2, 0.25) is 5.91 Å². The topological polar surface area (TPSA) is 51.0 Å². The van der Waals surface area contributed by atoms with Crippen molar-refractivity contribution in [3.63, 3.8) is 0 Å². The van der Waals surface area contributed by atoms with Crippen LogP contribution in [-0.2, 0) is 11.3 Å². The zero-order chi connectivity index (χ0) is 18.5. The van der Waals surface area contributed by atoms with E-state index in [2.05, 4.69) is 10.2 Å². The Hall–Kier alpha value is -1.54. The van der Waals surface area contributed by atoms with E-state index in [9.17, 15) is 4.79 Å². The van der Waals surface area contributed by atoms with Crippen LogP contribution >= 0.6 is 46.3 Å². The molecule has 1 aromatic carbocycles. The highest BCUT2D eigenvalue weighted by Gasteiger charge is 2.16. The molecule has 0 bridgehead atoms. The van der Waals surface area contributed by atoms with Crippen molar-refractivity contribution in [1.82, 2.24) is 19.7 Å². The van der Waals surface area contributed by atoms with Crippen LogP contribution in [0.15, 0.2) is 47.9 Å². The van der Waals surface area contributed by atoms with Crippen molar-refractivity contribution in [3.05, 3.63) is 57.0 Å². The number of carbonyl (C=O) groups excluding carboxylic acids is 1. The second-order valence-corrected chi connectivity index (χ2v) is 8.54. The molecule has 9 heteroatoms. The Balaban J connectivity index is 1.65. The molecule has 136 valence electrons. The van der Waals surface area contributed by atoms with E-state index < -0.39 is 0 Å². The molecule has 0 aliphatic rings. The van der Waals surface area contributed by atoms with Crippen LogP contribution in [0.4, 0.5) is 0 Å². The van der Waals surface area contributed by atoms with Gasteiger partial charge in [-0.3, -0.25) is 9.36 Å². The highest BCUT2D eigenvalue weighted by Crippen LogP contribution is 2.24. The fourth-order valence-electron chi connectivity index (χ4n) is 2.34. The lowest BCUT2D eigenvalue weighted by atomic mass is 10.3. The molecule has 0 spiro atoms. The normalized spacial score (nSPS) is 10.9. The lowest BCUT2D eigenvalue weighted by molar-refractivity contribution is -0.128. The number of rotatable bonds is 7. The molecule has 0 saturated heterocycles. The lowest BCUT2D eigenvalue weighted by Gasteiger charge is -2.19. The zero-order valence-corrected chi connectivity index (χ0v) is 17.1. The number of hydrogen-bond acceptors (Lipinski definition) is 5. The fourth-order valence-corrected chi connectivity index (χ4v) is 4.46. The molecule has 0 unspecified atom stereocenters. The van der Waals surface area contributed by atoms with E-state index in [1.54, 1.807) is 11.2 Å². The van der Waals surface area contributed by atoms with Crippen LogP contribution in [0.3, 0.4) is 0 Å². The summed E-state index contributed by atoms with van der Waals surface area (Å²) in [7, 11) is 0. The summed E-state index contributed by atoms with van der Waals surface area (Å²) in [6.07, 6.45) is 1.61. The Bertz CT molecular complexity index is 896. The van der Waals surface area contributed by atoms with E-state index in [-0.39, 0.29) is 11.7 Å². The van der Waals surface area contributed by atoms with Crippen LogP contribution in [0.2, 0.25) is 9.36 Å². The molecule has 3 aromatic rings. The van der Waals surface area contributed by atoms with Gasteiger partial charge in [-0.15, -0.1) is 21.5 Å². The van der Waals surface area contributed by atoms with Gasteiger partial charge < -0.3 is 4.90 Å². The molecule has 0 fully saturated rings. The Morgan fingerprint density at radius 2 is 2.15 bits per heavy atom. The van der Waals surface area contributed by atoms with Gasteiger partial charge in [0.05, 0.1) is 22.3 Å². The number of benzene rings is 1. The van der Waals surface area contributed by atoms with Crippen LogP contribution in [0.25, 0.3) is 5.69 Å². The number of aromatic nitrogens is 3. The van der Waals surface area contributed by atoms with Gasteiger partial charge in [-0.2, -0.15) is 0 Å². The fraction of sp³-hybridized carbons (Fsp3) is 0.235. The van der Waals surface area contributed by atoms with E-state index in [0.29, 0.717) is 23.3 Å². The Kier molecular flexibility index (Phi) is 6.58. The number of amides is 1. The average molecular weight is 427 g/mol. The first-order chi connectivity index (χ1) is 12.6. The molecule has 2 aromatic heterocycles. The highest BCUT2D eigenvalue weighted by atomic mass is 35.5. The van der Waals surface area contributed by atoms with Crippen molar-refractivity contribution < 1.29 is 4.79 Å². The summed E-state index contributed by atoms with van der Waals surface area (Å²) in [5.74, 6) is 0.328. The molecule has 0 radical (unpaired) electrons. The summed E-state index contributed by atoms with van der Waals surface area (Å²) in [5, 5.41) is 9.35. The highest BCUT2D eigenvalue weighted by molar-refractivity contribution is 7.99. The maximum atomic E-state index is 12.6. The summed E-state index contributed by atoms with van der Waals surface area (Å²) in [6, 6.07) is 11.2. The summed E-state index contributed by atoms with van der Waals surface area (Å²) < 4.78 is 2.55. The smallest absolute Gasteiger partial charge is 0.233 e. The van der Waals surface area contributed by atoms with Crippen LogP contribution in [0, 0.1) is 0 Å². The molecule has 5 nitrogen and oxygen atoms in total. The Morgan fingerprint density at radius 1 is 1.31 bits per heavy atom. The van der Waals surface area contributed by atoms with E-state index >= 15 is 0 Å². The first-order valence-electron chi connectivity index (χ1n) is 7.87. The van der Waals surface area contributed by atoms with Gasteiger partial charge in [0.25, 0.3) is 0 Å². The second kappa shape index (κ2) is 8.90. The number of nitrogens with zero attached hydrogens (tertiary/aromatic N) is 4. The quantitative estimate of drug-likeness (QED) is 0.510. The molecule has 3 rings (SSSR count). The van der Waals surface area contributed by atoms with Gasteiger partial charge in [-0.05, 0) is 37.3 Å². The van der Waals surface area contributed by atoms with Crippen LogP contribution < -0.4 is 0 Å². The maximum Gasteiger partial charge on any atom is 0.233 e. The molecule has 0 atom stereocenters. The maximum absolute atomic E-state index is 12.6. The third-order valence-corrected chi connectivity index (χ3v) is 6.02. The lowest BCUT2D eigenvalue weighted by Crippen LogP contribution is -2.31. The second-order valence-electron chi connectivity index (χ2n) is 5.37. The Labute approximate surface area is 169 Å². The van der Waals surface area contributed by atoms with Gasteiger partial charge in [0.1, 0.15) is 6.33 Å². The predicted molar refractivity (Wildman–Crippen MR) is 108 cm³/mol. The van der Waals surface area contributed by atoms with Gasteiger partial charge in [0.15, 0.2) is 5.16 Å². The number of thiophene rings is 1. The summed E-state index contributed by atoms with van der Waals surface area (Å²) in [6.45, 7) is 3.16. The van der Waals surface area contributed by atoms with Crippen molar-refractivity contribution in [3.8, 4) is 5.69 Å². The number of hydrogen-bond donors (Lipinski definition) is 0. The van der Waals surface area contributed by atoms with E-state index in [1.165, 1.54) is 23.1 Å². The summed E-state index contributed by atoms with van der Waals surface area (Å²) >= 11 is 14.9. The van der Waals surface area contributed by atoms with E-state index in [0.717, 1.165) is 14.9 Å². The minimum atomic E-state index is 0.0441. The Morgan fingerprint density at radius 3 is 2.85 bits per heavy atom. The SMILES string of the molecule is CCN(Cc1ccc(Cl)s1)C(=O)CSc1nncn1-c1cccc(Cl)c1. The standard InChI is InChI=1S/C17H16Cl2N4OS2/c1-2-22(9-14-6-7-15(19)26-14)16(24)10-25-17-21-20-11-23(17)13-5-3-4-12(18)8-13/h3-8,11H,2,9-10H2,1H3. The molecule has 2 heterocycles. The number of thioether (sulfide) groups is 1. The molecule has 0 saturated carbocycles. The largest absolute Gasteiger partial charge is 0.337 e. The number of halogens is 2. The van der Waals surface area contributed by atoms with Gasteiger partial charge in [-0.25, -0.2) is 0 Å². The first-order valence-corrected chi connectivity index (χ1v) is 10.4. The molecule has 0 N–H and O–H groups in total. The van der Waals surface area contributed by atoms with E-state index in [4.69, 9.17) is 23.2 Å². The van der Waals surface area contributed by atoms with Crippen molar-refractivity contribution in [2.24, 2.45) is 0 Å². The molecule has 0 aliphatic heterocycles. The average Bonchev–Trinajstić information content (AvgIpc) is 3.26. The van der Waals surface area contributed by atoms with Crippen LogP contribution in [0.5, 0.6) is 0 Å². The van der Waals surface area contributed by atoms with E-state index in [1.807, 2.05) is 47.9 Å². The minimum Gasteiger partial charge on any atom is -0.337 e. The van der Waals surface area contributed by atoms with Crippen LogP contribution in [-0.4, -0.2) is 37.9 Å². The van der Waals surface area contributed by atoms with Gasteiger partial charge in [0, 0.05) is 16.4 Å². The first kappa shape index (κ1) is 19.2. The van der Waals surface area contributed by atoms with Crippen molar-refractivity contribution in [2.45, 2.75) is 18.6 Å². The van der Waals surface area contributed by atoms with Crippen molar-refractivity contribution in [2.75, 3.05) is 12.3 Å². The van der Waals surface area contributed by atoms with Crippen molar-refractivity contribution in [1.29, 1.82) is 0 Å². The molecular weight excluding hydrogens is 411 g/mol. The molecule has 1 amide bonds. The number of carbonyl (C=O) groups is 1. The van der Waals surface area contributed by atoms with Crippen molar-refractivity contribution >= 4 is 52.2 Å². The summed E-state index contributed by atoms with van der Waals surface area (Å²) in [4.78, 5) is 15.4. The van der Waals surface area contributed by atoms with Crippen LogP contribution in [0.1, 0.15) is 11.8 Å². The van der Waals surface area contributed by atoms with Gasteiger partial charge in [-0.1, -0.05) is 41.0 Å². The molecule has 0 aliphatic carbocycles.